The molecule has 3 aromatic heterocycles. The molecule has 0 saturated carbocycles. The van der Waals surface area contributed by atoms with E-state index in [0.717, 1.165) is 10.9 Å². The van der Waals surface area contributed by atoms with Crippen molar-refractivity contribution >= 4 is 22.9 Å². The maximum Gasteiger partial charge on any atom is 0.352 e. The van der Waals surface area contributed by atoms with Crippen LogP contribution < -0.4 is 0 Å². The highest BCUT2D eigenvalue weighted by atomic mass is 16.4. The first-order chi connectivity index (χ1) is 11.6. The van der Waals surface area contributed by atoms with Crippen LogP contribution in [0.5, 0.6) is 0 Å². The molecule has 120 valence electrons. The van der Waals surface area contributed by atoms with E-state index in [4.69, 9.17) is 5.11 Å². The smallest absolute Gasteiger partial charge is 0.352 e. The van der Waals surface area contributed by atoms with E-state index in [2.05, 4.69) is 15.0 Å². The summed E-state index contributed by atoms with van der Waals surface area (Å²) >= 11 is 0. The number of H-pyrrole nitrogens is 1. The van der Waals surface area contributed by atoms with Gasteiger partial charge < -0.3 is 10.1 Å². The second-order valence-electron chi connectivity index (χ2n) is 4.80. The molecule has 0 atom stereocenters. The summed E-state index contributed by atoms with van der Waals surface area (Å²) in [5, 5.41) is 9.58. The van der Waals surface area contributed by atoms with Crippen LogP contribution in [0.4, 0.5) is 4.79 Å². The van der Waals surface area contributed by atoms with Crippen LogP contribution in [0.3, 0.4) is 0 Å². The van der Waals surface area contributed by atoms with Crippen molar-refractivity contribution in [1.29, 1.82) is 0 Å². The molecule has 0 spiro atoms. The van der Waals surface area contributed by atoms with Crippen LogP contribution in [0.25, 0.3) is 10.9 Å². The second kappa shape index (κ2) is 6.61. The van der Waals surface area contributed by atoms with E-state index in [9.17, 15) is 9.59 Å². The average Bonchev–Trinajstić information content (AvgIpc) is 3.35. The first-order valence-electron chi connectivity index (χ1n) is 6.97. The molecule has 0 aliphatic rings. The number of rotatable bonds is 1. The van der Waals surface area contributed by atoms with Gasteiger partial charge in [-0.05, 0) is 12.1 Å². The van der Waals surface area contributed by atoms with Crippen molar-refractivity contribution in [2.45, 2.75) is 0 Å². The molecule has 8 nitrogen and oxygen atoms in total. The first kappa shape index (κ1) is 15.2. The van der Waals surface area contributed by atoms with Gasteiger partial charge in [-0.1, -0.05) is 18.2 Å². The molecule has 0 amide bonds. The van der Waals surface area contributed by atoms with Crippen molar-refractivity contribution in [1.82, 2.24) is 24.1 Å². The number of nitrogens with zero attached hydrogens (tertiary/aromatic N) is 4. The Kier molecular flexibility index (Phi) is 4.19. The molecule has 8 heteroatoms. The molecule has 0 bridgehead atoms. The van der Waals surface area contributed by atoms with Crippen LogP contribution in [-0.2, 0) is 0 Å². The molecular formula is C16H13N5O3. The fourth-order valence-corrected chi connectivity index (χ4v) is 2.07. The number of imidazole rings is 2. The average molecular weight is 323 g/mol. The summed E-state index contributed by atoms with van der Waals surface area (Å²) in [4.78, 5) is 32.3. The molecule has 0 unspecified atom stereocenters. The number of hydrogen-bond donors (Lipinski definition) is 2. The minimum absolute atomic E-state index is 0.190. The minimum atomic E-state index is -0.925. The normalized spacial score (nSPS) is 10.2. The Hall–Kier alpha value is -3.68. The molecular weight excluding hydrogens is 310 g/mol. The van der Waals surface area contributed by atoms with E-state index >= 15 is 0 Å². The van der Waals surface area contributed by atoms with Crippen molar-refractivity contribution < 1.29 is 14.7 Å². The summed E-state index contributed by atoms with van der Waals surface area (Å²) in [7, 11) is 0. The Bertz CT molecular complexity index is 886. The van der Waals surface area contributed by atoms with Gasteiger partial charge in [0.05, 0.1) is 0 Å². The van der Waals surface area contributed by atoms with Gasteiger partial charge in [-0.2, -0.15) is 0 Å². The number of nitrogens with one attached hydrogen (secondary N) is 1. The summed E-state index contributed by atoms with van der Waals surface area (Å²) < 4.78 is 2.75. The molecule has 0 radical (unpaired) electrons. The summed E-state index contributed by atoms with van der Waals surface area (Å²) in [5.41, 5.74) is 1.09. The lowest BCUT2D eigenvalue weighted by molar-refractivity contribution is 0.0691. The molecule has 24 heavy (non-hydrogen) atoms. The number of aromatic carboxylic acids is 1. The SMILES string of the molecule is O=C(O)c1cc2ccccc2[nH]1.O=C(n1ccnc1)n1ccnc1. The van der Waals surface area contributed by atoms with Crippen LogP contribution in [-0.4, -0.2) is 41.2 Å². The van der Waals surface area contributed by atoms with E-state index in [1.807, 2.05) is 24.3 Å². The molecule has 4 rings (SSSR count). The number of carbonyl (C=O) groups is 2. The number of fused-ring (bicyclic) bond motifs is 1. The molecule has 0 fully saturated rings. The number of para-hydroxylation sites is 1. The van der Waals surface area contributed by atoms with Gasteiger partial charge in [-0.3, -0.25) is 9.13 Å². The van der Waals surface area contributed by atoms with Crippen molar-refractivity contribution in [3.63, 3.8) is 0 Å². The fraction of sp³-hybridized carbons (Fsp3) is 0. The number of carbonyl (C=O) groups excluding carboxylic acids is 1. The van der Waals surface area contributed by atoms with Crippen molar-refractivity contribution in [3.8, 4) is 0 Å². The highest BCUT2D eigenvalue weighted by molar-refractivity contribution is 5.93. The summed E-state index contributed by atoms with van der Waals surface area (Å²) in [6.07, 6.45) is 9.17. The Labute approximate surface area is 136 Å². The van der Waals surface area contributed by atoms with Gasteiger partial charge in [0.1, 0.15) is 18.3 Å². The lowest BCUT2D eigenvalue weighted by Crippen LogP contribution is -2.15. The molecule has 4 aromatic rings. The van der Waals surface area contributed by atoms with Gasteiger partial charge >= 0.3 is 12.0 Å². The molecule has 0 aliphatic carbocycles. The number of aromatic amines is 1. The van der Waals surface area contributed by atoms with E-state index < -0.39 is 5.97 Å². The zero-order valence-corrected chi connectivity index (χ0v) is 12.4. The van der Waals surface area contributed by atoms with Gasteiger partial charge in [-0.25, -0.2) is 19.6 Å². The number of carboxylic acids is 1. The van der Waals surface area contributed by atoms with Crippen LogP contribution >= 0.6 is 0 Å². The molecule has 2 N–H and O–H groups in total. The zero-order chi connectivity index (χ0) is 16.9. The summed E-state index contributed by atoms with van der Waals surface area (Å²) in [5.74, 6) is -0.925. The lowest BCUT2D eigenvalue weighted by atomic mass is 10.2. The van der Waals surface area contributed by atoms with Gasteiger partial charge in [0.25, 0.3) is 0 Å². The zero-order valence-electron chi connectivity index (χ0n) is 12.4. The molecule has 1 aromatic carbocycles. The van der Waals surface area contributed by atoms with Gasteiger partial charge in [0, 0.05) is 35.7 Å². The first-order valence-corrected chi connectivity index (χ1v) is 6.97. The van der Waals surface area contributed by atoms with Crippen molar-refractivity contribution in [2.24, 2.45) is 0 Å². The van der Waals surface area contributed by atoms with Crippen molar-refractivity contribution in [3.05, 3.63) is 73.5 Å². The third kappa shape index (κ3) is 3.22. The van der Waals surface area contributed by atoms with E-state index in [1.165, 1.54) is 21.8 Å². The number of aromatic nitrogens is 5. The van der Waals surface area contributed by atoms with Gasteiger partial charge in [-0.15, -0.1) is 0 Å². The number of benzene rings is 1. The van der Waals surface area contributed by atoms with Crippen LogP contribution in [0.1, 0.15) is 10.5 Å². The topological polar surface area (TPSA) is 106 Å². The monoisotopic (exact) mass is 323 g/mol. The second-order valence-corrected chi connectivity index (χ2v) is 4.80. The number of carboxylic acid groups (broad SMARTS) is 1. The highest BCUT2D eigenvalue weighted by Gasteiger charge is 2.05. The largest absolute Gasteiger partial charge is 0.477 e. The third-order valence-corrected chi connectivity index (χ3v) is 3.21. The van der Waals surface area contributed by atoms with E-state index in [0.29, 0.717) is 0 Å². The van der Waals surface area contributed by atoms with Crippen LogP contribution in [0, 0.1) is 0 Å². The maximum atomic E-state index is 11.4. The third-order valence-electron chi connectivity index (χ3n) is 3.21. The Balaban J connectivity index is 0.000000141. The maximum absolute atomic E-state index is 11.4. The molecule has 0 aliphatic heterocycles. The van der Waals surface area contributed by atoms with E-state index in [1.54, 1.807) is 30.9 Å². The highest BCUT2D eigenvalue weighted by Crippen LogP contribution is 2.14. The van der Waals surface area contributed by atoms with Gasteiger partial charge in [0.2, 0.25) is 0 Å². The lowest BCUT2D eigenvalue weighted by Gasteiger charge is -1.98. The summed E-state index contributed by atoms with van der Waals surface area (Å²) in [6.45, 7) is 0. The predicted molar refractivity (Wildman–Crippen MR) is 85.9 cm³/mol. The quantitative estimate of drug-likeness (QED) is 0.560. The van der Waals surface area contributed by atoms with Crippen LogP contribution in [0.2, 0.25) is 0 Å². The Morgan fingerprint density at radius 2 is 1.62 bits per heavy atom. The fourth-order valence-electron chi connectivity index (χ4n) is 2.07. The molecule has 0 saturated heterocycles. The van der Waals surface area contributed by atoms with Gasteiger partial charge in [0.15, 0.2) is 0 Å². The molecule has 3 heterocycles. The Morgan fingerprint density at radius 3 is 2.12 bits per heavy atom. The Morgan fingerprint density at radius 1 is 1.00 bits per heavy atom. The standard InChI is InChI=1S/C9H7NO2.C7H6N4O/c11-9(12)8-5-6-3-1-2-4-7(6)10-8;12-7(10-3-1-8-5-10)11-4-2-9-6-11/h1-5,10H,(H,11,12);1-6H. The van der Waals surface area contributed by atoms with Crippen LogP contribution in [0.15, 0.2) is 67.8 Å². The predicted octanol–water partition coefficient (Wildman–Crippen LogP) is 2.46. The number of hydrogen-bond acceptors (Lipinski definition) is 4. The summed E-state index contributed by atoms with van der Waals surface area (Å²) in [6, 6.07) is 8.90. The van der Waals surface area contributed by atoms with E-state index in [-0.39, 0.29) is 11.7 Å². The van der Waals surface area contributed by atoms with Crippen molar-refractivity contribution in [2.75, 3.05) is 0 Å². The minimum Gasteiger partial charge on any atom is -0.477 e.